The molecule has 0 aromatic heterocycles. The van der Waals surface area contributed by atoms with Crippen molar-refractivity contribution in [1.82, 2.24) is 0 Å². The van der Waals surface area contributed by atoms with E-state index in [1.807, 2.05) is 6.92 Å². The van der Waals surface area contributed by atoms with E-state index >= 15 is 0 Å². The van der Waals surface area contributed by atoms with Gasteiger partial charge >= 0.3 is 0 Å². The molecule has 1 rings (SSSR count). The Morgan fingerprint density at radius 2 is 2.00 bits per heavy atom. The highest BCUT2D eigenvalue weighted by atomic mass is 32.2. The number of aryl methyl sites for hydroxylation is 1. The molecule has 0 spiro atoms. The summed E-state index contributed by atoms with van der Waals surface area (Å²) in [6, 6.07) is 3.04. The number of nitrogens with two attached hydrogens (primary N) is 2. The first kappa shape index (κ1) is 12.0. The molecule has 0 amide bonds. The largest absolute Gasteiger partial charge is 0.506 e. The molecule has 0 radical (unpaired) electrons. The number of aromatic hydroxyl groups is 1. The highest BCUT2D eigenvalue weighted by Gasteiger charge is 2.17. The van der Waals surface area contributed by atoms with Crippen molar-refractivity contribution >= 4 is 10.0 Å². The van der Waals surface area contributed by atoms with Crippen LogP contribution in [0.3, 0.4) is 0 Å². The summed E-state index contributed by atoms with van der Waals surface area (Å²) in [4.78, 5) is -0.262. The van der Waals surface area contributed by atoms with Crippen molar-refractivity contribution in [2.24, 2.45) is 10.9 Å². The van der Waals surface area contributed by atoms with E-state index < -0.39 is 10.0 Å². The summed E-state index contributed by atoms with van der Waals surface area (Å²) in [5.74, 6) is -0.350. The quantitative estimate of drug-likeness (QED) is 0.682. The second-order valence-electron chi connectivity index (χ2n) is 3.20. The topological polar surface area (TPSA) is 106 Å². The highest BCUT2D eigenvalue weighted by molar-refractivity contribution is 7.89. The third kappa shape index (κ3) is 2.47. The Kier molecular flexibility index (Phi) is 3.33. The van der Waals surface area contributed by atoms with Gasteiger partial charge in [-0.25, -0.2) is 13.6 Å². The average molecular weight is 230 g/mol. The van der Waals surface area contributed by atoms with E-state index in [2.05, 4.69) is 0 Å². The van der Waals surface area contributed by atoms with Crippen molar-refractivity contribution in [3.05, 3.63) is 23.3 Å². The molecule has 0 heterocycles. The molecule has 1 aromatic rings. The van der Waals surface area contributed by atoms with Crippen LogP contribution in [0.1, 0.15) is 18.1 Å². The van der Waals surface area contributed by atoms with E-state index in [4.69, 9.17) is 10.9 Å². The number of rotatable bonds is 3. The molecule has 5 N–H and O–H groups in total. The normalized spacial score (nSPS) is 11.7. The Bertz CT molecular complexity index is 468. The van der Waals surface area contributed by atoms with E-state index in [1.165, 1.54) is 6.07 Å². The Labute approximate surface area is 88.8 Å². The Balaban J connectivity index is 3.51. The van der Waals surface area contributed by atoms with E-state index in [9.17, 15) is 13.5 Å². The first-order valence-corrected chi connectivity index (χ1v) is 6.02. The van der Waals surface area contributed by atoms with Crippen molar-refractivity contribution in [1.29, 1.82) is 0 Å². The van der Waals surface area contributed by atoms with Gasteiger partial charge < -0.3 is 10.8 Å². The maximum atomic E-state index is 11.2. The van der Waals surface area contributed by atoms with Gasteiger partial charge in [0.2, 0.25) is 10.0 Å². The van der Waals surface area contributed by atoms with Gasteiger partial charge in [0.25, 0.3) is 0 Å². The van der Waals surface area contributed by atoms with Gasteiger partial charge in [-0.15, -0.1) is 0 Å². The fourth-order valence-corrected chi connectivity index (χ4v) is 2.02. The third-order valence-electron chi connectivity index (χ3n) is 2.15. The number of benzene rings is 1. The van der Waals surface area contributed by atoms with Crippen LogP contribution in [0.4, 0.5) is 0 Å². The van der Waals surface area contributed by atoms with E-state index in [1.54, 1.807) is 6.07 Å². The minimum Gasteiger partial charge on any atom is -0.506 e. The lowest BCUT2D eigenvalue weighted by Gasteiger charge is -2.09. The van der Waals surface area contributed by atoms with Crippen molar-refractivity contribution in [2.45, 2.75) is 24.8 Å². The predicted molar refractivity (Wildman–Crippen MR) is 56.7 cm³/mol. The van der Waals surface area contributed by atoms with Crippen molar-refractivity contribution in [2.75, 3.05) is 0 Å². The molecule has 0 saturated heterocycles. The summed E-state index contributed by atoms with van der Waals surface area (Å²) in [5.41, 5.74) is 6.55. The van der Waals surface area contributed by atoms with Crippen LogP contribution in [0.15, 0.2) is 17.0 Å². The van der Waals surface area contributed by atoms with E-state index in [0.29, 0.717) is 12.0 Å². The SMILES string of the molecule is CCc1cc(CN)c(O)c(S(N)(=O)=O)c1. The number of primary sulfonamides is 1. The first-order chi connectivity index (χ1) is 6.90. The molecule has 0 aliphatic heterocycles. The molecule has 0 fully saturated rings. The molecule has 0 aliphatic rings. The van der Waals surface area contributed by atoms with Crippen LogP contribution in [0, 0.1) is 0 Å². The van der Waals surface area contributed by atoms with Gasteiger partial charge in [0.05, 0.1) is 0 Å². The zero-order valence-corrected chi connectivity index (χ0v) is 9.21. The summed E-state index contributed by atoms with van der Waals surface area (Å²) in [6.45, 7) is 1.95. The summed E-state index contributed by atoms with van der Waals surface area (Å²) in [5, 5.41) is 14.6. The van der Waals surface area contributed by atoms with Gasteiger partial charge in [0, 0.05) is 12.1 Å². The molecule has 1 aromatic carbocycles. The second kappa shape index (κ2) is 4.18. The number of hydrogen-bond donors (Lipinski definition) is 3. The van der Waals surface area contributed by atoms with Crippen LogP contribution in [0.2, 0.25) is 0 Å². The Morgan fingerprint density at radius 3 is 2.40 bits per heavy atom. The van der Waals surface area contributed by atoms with Gasteiger partial charge in [-0.1, -0.05) is 13.0 Å². The van der Waals surface area contributed by atoms with Crippen molar-refractivity contribution < 1.29 is 13.5 Å². The van der Waals surface area contributed by atoms with Gasteiger partial charge in [0.1, 0.15) is 10.6 Å². The van der Waals surface area contributed by atoms with Gasteiger partial charge in [0.15, 0.2) is 0 Å². The van der Waals surface area contributed by atoms with E-state index in [0.717, 1.165) is 5.56 Å². The number of phenolic OH excluding ortho intramolecular Hbond substituents is 1. The molecule has 0 unspecified atom stereocenters. The smallest absolute Gasteiger partial charge is 0.241 e. The van der Waals surface area contributed by atoms with Crippen LogP contribution in [0.25, 0.3) is 0 Å². The van der Waals surface area contributed by atoms with Gasteiger partial charge in [-0.2, -0.15) is 0 Å². The zero-order valence-electron chi connectivity index (χ0n) is 8.40. The van der Waals surface area contributed by atoms with Crippen molar-refractivity contribution in [3.63, 3.8) is 0 Å². The number of sulfonamides is 1. The van der Waals surface area contributed by atoms with Crippen molar-refractivity contribution in [3.8, 4) is 5.75 Å². The molecule has 6 heteroatoms. The summed E-state index contributed by atoms with van der Waals surface area (Å²) >= 11 is 0. The van der Waals surface area contributed by atoms with E-state index in [-0.39, 0.29) is 17.2 Å². The number of hydrogen-bond acceptors (Lipinski definition) is 4. The molecule has 84 valence electrons. The minimum absolute atomic E-state index is 0.0716. The summed E-state index contributed by atoms with van der Waals surface area (Å²) in [6.07, 6.45) is 0.649. The predicted octanol–water partition coefficient (Wildman–Crippen LogP) is 0.0607. The molecule has 0 aliphatic carbocycles. The Morgan fingerprint density at radius 1 is 1.40 bits per heavy atom. The second-order valence-corrected chi connectivity index (χ2v) is 4.73. The average Bonchev–Trinajstić information content (AvgIpc) is 2.16. The molecule has 0 saturated carbocycles. The molecule has 5 nitrogen and oxygen atoms in total. The van der Waals surface area contributed by atoms with Crippen LogP contribution in [-0.2, 0) is 23.0 Å². The lowest BCUT2D eigenvalue weighted by Crippen LogP contribution is -2.14. The zero-order chi connectivity index (χ0) is 11.6. The minimum atomic E-state index is -3.90. The van der Waals surface area contributed by atoms with Gasteiger partial charge in [-0.05, 0) is 18.1 Å². The summed E-state index contributed by atoms with van der Waals surface area (Å²) < 4.78 is 22.3. The lowest BCUT2D eigenvalue weighted by molar-refractivity contribution is 0.451. The Hall–Kier alpha value is -1.11. The molecular formula is C9H14N2O3S. The highest BCUT2D eigenvalue weighted by Crippen LogP contribution is 2.27. The fourth-order valence-electron chi connectivity index (χ4n) is 1.31. The lowest BCUT2D eigenvalue weighted by atomic mass is 10.1. The maximum Gasteiger partial charge on any atom is 0.241 e. The molecule has 0 atom stereocenters. The summed E-state index contributed by atoms with van der Waals surface area (Å²) in [7, 11) is -3.90. The van der Waals surface area contributed by atoms with Crippen LogP contribution in [0.5, 0.6) is 5.75 Å². The monoisotopic (exact) mass is 230 g/mol. The van der Waals surface area contributed by atoms with Crippen LogP contribution in [-0.4, -0.2) is 13.5 Å². The maximum absolute atomic E-state index is 11.2. The van der Waals surface area contributed by atoms with Crippen LogP contribution >= 0.6 is 0 Å². The molecule has 15 heavy (non-hydrogen) atoms. The third-order valence-corrected chi connectivity index (χ3v) is 3.07. The van der Waals surface area contributed by atoms with Crippen LogP contribution < -0.4 is 10.9 Å². The first-order valence-electron chi connectivity index (χ1n) is 4.47. The standard InChI is InChI=1S/C9H14N2O3S/c1-2-6-3-7(5-10)9(12)8(4-6)15(11,13)14/h3-4,12H,2,5,10H2,1H3,(H2,11,13,14). The molecule has 0 bridgehead atoms. The van der Waals surface area contributed by atoms with Gasteiger partial charge in [-0.3, -0.25) is 0 Å². The number of phenols is 1. The molecular weight excluding hydrogens is 216 g/mol. The fraction of sp³-hybridized carbons (Fsp3) is 0.333.